The monoisotopic (exact) mass is 400 g/mol. The van der Waals surface area contributed by atoms with E-state index in [1.54, 1.807) is 15.7 Å². The molecule has 0 fully saturated rings. The molecular formula is C23H16N2OS2. The van der Waals surface area contributed by atoms with E-state index >= 15 is 0 Å². The molecule has 0 unspecified atom stereocenters. The molecule has 3 nitrogen and oxygen atoms in total. The minimum atomic E-state index is -0.0127. The van der Waals surface area contributed by atoms with Crippen molar-refractivity contribution < 1.29 is 0 Å². The van der Waals surface area contributed by atoms with Crippen LogP contribution < -0.4 is 10.1 Å². The molecule has 0 atom stereocenters. The van der Waals surface area contributed by atoms with E-state index < -0.39 is 0 Å². The second-order valence-electron chi connectivity index (χ2n) is 6.54. The van der Waals surface area contributed by atoms with Crippen LogP contribution in [0, 0.1) is 6.92 Å². The number of aromatic nitrogens is 2. The normalized spacial score (nSPS) is 12.1. The van der Waals surface area contributed by atoms with Gasteiger partial charge in [-0.05, 0) is 30.0 Å². The number of aryl methyl sites for hydroxylation is 1. The van der Waals surface area contributed by atoms with E-state index in [9.17, 15) is 4.79 Å². The Kier molecular flexibility index (Phi) is 4.19. The lowest BCUT2D eigenvalue weighted by atomic mass is 10.1. The van der Waals surface area contributed by atoms with Crippen molar-refractivity contribution in [2.75, 3.05) is 0 Å². The highest BCUT2D eigenvalue weighted by Crippen LogP contribution is 2.32. The van der Waals surface area contributed by atoms with Crippen LogP contribution in [-0.4, -0.2) is 9.38 Å². The van der Waals surface area contributed by atoms with Gasteiger partial charge >= 0.3 is 0 Å². The predicted molar refractivity (Wildman–Crippen MR) is 118 cm³/mol. The van der Waals surface area contributed by atoms with Gasteiger partial charge in [0.2, 0.25) is 0 Å². The molecule has 0 saturated carbocycles. The Bertz CT molecular complexity index is 1380. The van der Waals surface area contributed by atoms with Crippen LogP contribution in [0.2, 0.25) is 0 Å². The van der Waals surface area contributed by atoms with Gasteiger partial charge in [0.15, 0.2) is 4.96 Å². The lowest BCUT2D eigenvalue weighted by molar-refractivity contribution is 1.15. The maximum Gasteiger partial charge on any atom is 0.275 e. The molecule has 5 heteroatoms. The highest BCUT2D eigenvalue weighted by Gasteiger charge is 2.19. The lowest BCUT2D eigenvalue weighted by Crippen LogP contribution is -2.23. The van der Waals surface area contributed by atoms with Crippen LogP contribution in [0.1, 0.15) is 10.4 Å². The van der Waals surface area contributed by atoms with Gasteiger partial charge in [0.1, 0.15) is 0 Å². The summed E-state index contributed by atoms with van der Waals surface area (Å²) in [6.07, 6.45) is 1.98. The van der Waals surface area contributed by atoms with Crippen LogP contribution >= 0.6 is 22.7 Å². The Morgan fingerprint density at radius 2 is 1.61 bits per heavy atom. The molecule has 3 heterocycles. The fourth-order valence-electron chi connectivity index (χ4n) is 3.31. The Morgan fingerprint density at radius 3 is 2.25 bits per heavy atom. The minimum Gasteiger partial charge on any atom is -0.267 e. The van der Waals surface area contributed by atoms with Gasteiger partial charge in [0.05, 0.1) is 15.9 Å². The van der Waals surface area contributed by atoms with Crippen LogP contribution in [0.3, 0.4) is 0 Å². The van der Waals surface area contributed by atoms with Gasteiger partial charge in [0.25, 0.3) is 5.56 Å². The summed E-state index contributed by atoms with van der Waals surface area (Å²) in [5, 5.41) is 2.05. The summed E-state index contributed by atoms with van der Waals surface area (Å²) in [4.78, 5) is 20.0. The van der Waals surface area contributed by atoms with E-state index in [2.05, 4.69) is 13.0 Å². The number of benzene rings is 2. The maximum atomic E-state index is 13.3. The molecule has 0 saturated heterocycles. The molecule has 5 rings (SSSR count). The largest absolute Gasteiger partial charge is 0.275 e. The number of rotatable bonds is 3. The molecule has 28 heavy (non-hydrogen) atoms. The van der Waals surface area contributed by atoms with Crippen LogP contribution in [0.25, 0.3) is 33.6 Å². The van der Waals surface area contributed by atoms with Crippen molar-refractivity contribution in [3.05, 3.63) is 97.4 Å². The van der Waals surface area contributed by atoms with Crippen molar-refractivity contribution in [2.24, 2.45) is 0 Å². The fourth-order valence-corrected chi connectivity index (χ4v) is 5.20. The number of fused-ring (bicyclic) bond motifs is 1. The number of thiophene rings is 1. The first-order chi connectivity index (χ1) is 13.7. The third-order valence-corrected chi connectivity index (χ3v) is 6.65. The molecule has 136 valence electrons. The molecule has 0 N–H and O–H groups in total. The second-order valence-corrected chi connectivity index (χ2v) is 8.50. The van der Waals surface area contributed by atoms with Gasteiger partial charge < -0.3 is 0 Å². The van der Waals surface area contributed by atoms with E-state index in [1.807, 2.05) is 72.1 Å². The molecule has 0 aliphatic heterocycles. The zero-order chi connectivity index (χ0) is 19.1. The van der Waals surface area contributed by atoms with E-state index in [-0.39, 0.29) is 5.56 Å². The third kappa shape index (κ3) is 2.80. The summed E-state index contributed by atoms with van der Waals surface area (Å²) in [6, 6.07) is 22.1. The van der Waals surface area contributed by atoms with Crippen molar-refractivity contribution >= 4 is 33.7 Å². The Labute approximate surface area is 169 Å². The summed E-state index contributed by atoms with van der Waals surface area (Å²) in [6.45, 7) is 2.06. The summed E-state index contributed by atoms with van der Waals surface area (Å²) in [5.74, 6) is 0. The van der Waals surface area contributed by atoms with Crippen molar-refractivity contribution in [3.8, 4) is 22.5 Å². The zero-order valence-corrected chi connectivity index (χ0v) is 16.8. The van der Waals surface area contributed by atoms with Crippen molar-refractivity contribution in [1.29, 1.82) is 0 Å². The second kappa shape index (κ2) is 6.86. The lowest BCUT2D eigenvalue weighted by Gasteiger charge is -2.04. The maximum absolute atomic E-state index is 13.3. The zero-order valence-electron chi connectivity index (χ0n) is 15.1. The summed E-state index contributed by atoms with van der Waals surface area (Å²) in [7, 11) is 0. The fraction of sp³-hybridized carbons (Fsp3) is 0.0435. The van der Waals surface area contributed by atoms with Gasteiger partial charge in [-0.1, -0.05) is 72.0 Å². The average molecular weight is 401 g/mol. The van der Waals surface area contributed by atoms with E-state index in [4.69, 9.17) is 4.98 Å². The number of hydrogen-bond acceptors (Lipinski definition) is 4. The topological polar surface area (TPSA) is 34.4 Å². The van der Waals surface area contributed by atoms with E-state index in [0.717, 1.165) is 32.4 Å². The van der Waals surface area contributed by atoms with Crippen molar-refractivity contribution in [2.45, 2.75) is 6.92 Å². The van der Waals surface area contributed by atoms with E-state index in [1.165, 1.54) is 16.9 Å². The van der Waals surface area contributed by atoms with Gasteiger partial charge in [0, 0.05) is 16.0 Å². The SMILES string of the molecule is Cc1ccsc1/C=c1/sc2nc(-c3ccccc3)c(-c3ccccc3)n2c1=O. The van der Waals surface area contributed by atoms with Gasteiger partial charge in [-0.2, -0.15) is 0 Å². The smallest absolute Gasteiger partial charge is 0.267 e. The first kappa shape index (κ1) is 17.1. The molecule has 2 aromatic carbocycles. The molecule has 0 radical (unpaired) electrons. The number of hydrogen-bond donors (Lipinski definition) is 0. The number of nitrogens with zero attached hydrogens (tertiary/aromatic N) is 2. The molecule has 0 aliphatic rings. The van der Waals surface area contributed by atoms with Crippen LogP contribution in [0.15, 0.2) is 76.9 Å². The predicted octanol–water partition coefficient (Wildman–Crippen LogP) is 5.01. The summed E-state index contributed by atoms with van der Waals surface area (Å²) >= 11 is 3.09. The minimum absolute atomic E-state index is 0.0127. The van der Waals surface area contributed by atoms with E-state index in [0.29, 0.717) is 4.53 Å². The quantitative estimate of drug-likeness (QED) is 0.427. The van der Waals surface area contributed by atoms with Crippen LogP contribution in [0.4, 0.5) is 0 Å². The number of imidazole rings is 1. The standard InChI is InChI=1S/C23H16N2OS2/c1-15-12-13-27-18(15)14-19-22(26)25-21(17-10-6-3-7-11-17)20(24-23(25)28-19)16-8-4-2-5-9-16/h2-14H,1H3/b19-14+. The molecule has 3 aromatic heterocycles. The van der Waals surface area contributed by atoms with Gasteiger partial charge in [-0.25, -0.2) is 9.38 Å². The molecule has 0 aliphatic carbocycles. The first-order valence-corrected chi connectivity index (χ1v) is 10.6. The van der Waals surface area contributed by atoms with Crippen molar-refractivity contribution in [1.82, 2.24) is 9.38 Å². The Morgan fingerprint density at radius 1 is 0.929 bits per heavy atom. The summed E-state index contributed by atoms with van der Waals surface area (Å²) in [5.41, 5.74) is 4.86. The Balaban J connectivity index is 1.83. The molecule has 0 bridgehead atoms. The third-order valence-electron chi connectivity index (χ3n) is 4.72. The first-order valence-electron chi connectivity index (χ1n) is 8.94. The van der Waals surface area contributed by atoms with Gasteiger partial charge in [-0.3, -0.25) is 4.79 Å². The summed E-state index contributed by atoms with van der Waals surface area (Å²) < 4.78 is 2.47. The highest BCUT2D eigenvalue weighted by atomic mass is 32.1. The van der Waals surface area contributed by atoms with Gasteiger partial charge in [-0.15, -0.1) is 11.3 Å². The van der Waals surface area contributed by atoms with Crippen LogP contribution in [-0.2, 0) is 0 Å². The molecule has 0 spiro atoms. The number of thiazole rings is 1. The molecular weight excluding hydrogens is 384 g/mol. The van der Waals surface area contributed by atoms with Crippen molar-refractivity contribution in [3.63, 3.8) is 0 Å². The molecule has 5 aromatic rings. The van der Waals surface area contributed by atoms with Crippen LogP contribution in [0.5, 0.6) is 0 Å². The molecule has 0 amide bonds. The Hall–Kier alpha value is -3.02. The highest BCUT2D eigenvalue weighted by molar-refractivity contribution is 7.15. The average Bonchev–Trinajstić information content (AvgIpc) is 3.39.